The number of nitrogens with zero attached hydrogens (tertiary/aromatic N) is 1. The van der Waals surface area contributed by atoms with Crippen molar-refractivity contribution in [2.75, 3.05) is 32.8 Å². The van der Waals surface area contributed by atoms with Gasteiger partial charge < -0.3 is 15.4 Å². The molecule has 0 radical (unpaired) electrons. The van der Waals surface area contributed by atoms with E-state index in [0.717, 1.165) is 31.4 Å². The minimum Gasteiger partial charge on any atom is -0.366 e. The van der Waals surface area contributed by atoms with Gasteiger partial charge in [-0.1, -0.05) is 18.6 Å². The second-order valence-corrected chi connectivity index (χ2v) is 8.33. The van der Waals surface area contributed by atoms with Gasteiger partial charge in [0.2, 0.25) is 10.0 Å². The Morgan fingerprint density at radius 1 is 1.28 bits per heavy atom. The Bertz CT molecular complexity index is 696. The molecule has 138 valence electrons. The van der Waals surface area contributed by atoms with E-state index in [0.29, 0.717) is 26.2 Å². The highest BCUT2D eigenvalue weighted by Crippen LogP contribution is 2.21. The van der Waals surface area contributed by atoms with E-state index in [9.17, 15) is 13.2 Å². The minimum atomic E-state index is -3.46. The number of morpholine rings is 1. The molecule has 2 fully saturated rings. The zero-order valence-corrected chi connectivity index (χ0v) is 15.1. The van der Waals surface area contributed by atoms with Gasteiger partial charge in [0, 0.05) is 32.7 Å². The van der Waals surface area contributed by atoms with Crippen molar-refractivity contribution in [1.29, 1.82) is 0 Å². The van der Waals surface area contributed by atoms with Crippen LogP contribution in [0.4, 0.5) is 0 Å². The minimum absolute atomic E-state index is 0.184. The average Bonchev–Trinajstić information content (AvgIpc) is 2.67. The van der Waals surface area contributed by atoms with Gasteiger partial charge in [0.1, 0.15) is 6.10 Å². The number of hydrogen-bond acceptors (Lipinski definition) is 5. The Morgan fingerprint density at radius 2 is 2.08 bits per heavy atom. The molecule has 0 saturated carbocycles. The Labute approximate surface area is 148 Å². The van der Waals surface area contributed by atoms with Crippen molar-refractivity contribution >= 4 is 15.9 Å². The maximum Gasteiger partial charge on any atom is 0.250 e. The van der Waals surface area contributed by atoms with Gasteiger partial charge in [-0.2, -0.15) is 4.31 Å². The average molecular weight is 367 g/mol. The monoisotopic (exact) mass is 367 g/mol. The summed E-state index contributed by atoms with van der Waals surface area (Å²) in [6, 6.07) is 6.79. The van der Waals surface area contributed by atoms with E-state index in [1.54, 1.807) is 22.5 Å². The van der Waals surface area contributed by atoms with Crippen molar-refractivity contribution in [2.45, 2.75) is 36.8 Å². The van der Waals surface area contributed by atoms with E-state index >= 15 is 0 Å². The van der Waals surface area contributed by atoms with Crippen molar-refractivity contribution < 1.29 is 17.9 Å². The number of rotatable bonds is 5. The number of piperidine rings is 1. The third kappa shape index (κ3) is 4.58. The van der Waals surface area contributed by atoms with Gasteiger partial charge in [-0.05, 0) is 30.5 Å². The van der Waals surface area contributed by atoms with E-state index in [2.05, 4.69) is 10.6 Å². The number of carbonyl (C=O) groups excluding carboxylic acids is 1. The van der Waals surface area contributed by atoms with E-state index in [-0.39, 0.29) is 17.3 Å². The van der Waals surface area contributed by atoms with Crippen LogP contribution in [0.2, 0.25) is 0 Å². The van der Waals surface area contributed by atoms with E-state index in [4.69, 9.17) is 4.74 Å². The summed E-state index contributed by atoms with van der Waals surface area (Å²) >= 11 is 0. The second-order valence-electron chi connectivity index (χ2n) is 6.39. The molecule has 1 aromatic carbocycles. The summed E-state index contributed by atoms with van der Waals surface area (Å²) in [7, 11) is -3.46. The number of sulfonamides is 1. The number of ether oxygens (including phenoxy) is 1. The van der Waals surface area contributed by atoms with Crippen molar-refractivity contribution in [3.05, 3.63) is 29.8 Å². The first-order valence-corrected chi connectivity index (χ1v) is 10.2. The first-order valence-electron chi connectivity index (χ1n) is 8.76. The van der Waals surface area contributed by atoms with Gasteiger partial charge in [-0.15, -0.1) is 0 Å². The maximum atomic E-state index is 12.7. The van der Waals surface area contributed by atoms with E-state index < -0.39 is 16.1 Å². The quantitative estimate of drug-likeness (QED) is 0.790. The van der Waals surface area contributed by atoms with Crippen LogP contribution in [0.1, 0.15) is 24.8 Å². The summed E-state index contributed by atoms with van der Waals surface area (Å²) in [6.07, 6.45) is 2.40. The summed E-state index contributed by atoms with van der Waals surface area (Å²) < 4.78 is 32.4. The molecule has 1 unspecified atom stereocenters. The molecule has 2 aliphatic rings. The van der Waals surface area contributed by atoms with Gasteiger partial charge >= 0.3 is 0 Å². The van der Waals surface area contributed by atoms with Gasteiger partial charge in [-0.3, -0.25) is 4.79 Å². The Balaban J connectivity index is 1.63. The molecular weight excluding hydrogens is 342 g/mol. The Kier molecular flexibility index (Phi) is 6.06. The molecule has 25 heavy (non-hydrogen) atoms. The molecule has 2 aliphatic heterocycles. The fourth-order valence-corrected chi connectivity index (χ4v) is 4.69. The predicted octanol–water partition coefficient (Wildman–Crippen LogP) is 0.466. The van der Waals surface area contributed by atoms with Crippen LogP contribution in [0, 0.1) is 0 Å². The highest BCUT2D eigenvalue weighted by atomic mass is 32.2. The molecule has 0 aliphatic carbocycles. The number of nitrogens with one attached hydrogen (secondary N) is 2. The first kappa shape index (κ1) is 18.3. The molecule has 0 aromatic heterocycles. The first-order chi connectivity index (χ1) is 12.1. The van der Waals surface area contributed by atoms with Crippen LogP contribution in [-0.2, 0) is 26.1 Å². The normalized spacial score (nSPS) is 22.5. The molecule has 1 atom stereocenters. The summed E-state index contributed by atoms with van der Waals surface area (Å²) in [5, 5.41) is 5.92. The largest absolute Gasteiger partial charge is 0.366 e. The molecule has 2 heterocycles. The smallest absolute Gasteiger partial charge is 0.250 e. The molecule has 1 amide bonds. The third-order valence-electron chi connectivity index (χ3n) is 4.54. The van der Waals surface area contributed by atoms with Crippen molar-refractivity contribution in [2.24, 2.45) is 0 Å². The summed E-state index contributed by atoms with van der Waals surface area (Å²) in [5.74, 6) is -0.184. The van der Waals surface area contributed by atoms with Crippen molar-refractivity contribution in [3.63, 3.8) is 0 Å². The molecular formula is C17H25N3O4S. The summed E-state index contributed by atoms with van der Waals surface area (Å²) in [6.45, 7) is 3.20. The van der Waals surface area contributed by atoms with E-state index in [1.165, 1.54) is 0 Å². The molecule has 3 rings (SSSR count). The van der Waals surface area contributed by atoms with Crippen LogP contribution < -0.4 is 10.6 Å². The lowest BCUT2D eigenvalue weighted by atomic mass is 10.2. The zero-order valence-electron chi connectivity index (χ0n) is 14.2. The topological polar surface area (TPSA) is 87.7 Å². The maximum absolute atomic E-state index is 12.7. The van der Waals surface area contributed by atoms with Crippen LogP contribution in [0.25, 0.3) is 0 Å². The molecule has 7 nitrogen and oxygen atoms in total. The molecule has 2 N–H and O–H groups in total. The Hall–Kier alpha value is -1.48. The van der Waals surface area contributed by atoms with Gasteiger partial charge in [0.25, 0.3) is 5.91 Å². The predicted molar refractivity (Wildman–Crippen MR) is 93.5 cm³/mol. The fourth-order valence-electron chi connectivity index (χ4n) is 3.11. The number of carbonyl (C=O) groups is 1. The molecule has 0 bridgehead atoms. The number of benzene rings is 1. The van der Waals surface area contributed by atoms with Gasteiger partial charge in [0.15, 0.2) is 0 Å². The van der Waals surface area contributed by atoms with Crippen LogP contribution in [0.5, 0.6) is 0 Å². The second kappa shape index (κ2) is 8.27. The zero-order chi connectivity index (χ0) is 17.7. The van der Waals surface area contributed by atoms with Crippen LogP contribution >= 0.6 is 0 Å². The van der Waals surface area contributed by atoms with Crippen LogP contribution in [0.3, 0.4) is 0 Å². The lowest BCUT2D eigenvalue weighted by molar-refractivity contribution is -0.134. The molecule has 0 spiro atoms. The van der Waals surface area contributed by atoms with Crippen LogP contribution in [-0.4, -0.2) is 57.5 Å². The molecule has 2 saturated heterocycles. The third-order valence-corrected chi connectivity index (χ3v) is 6.43. The van der Waals surface area contributed by atoms with Crippen LogP contribution in [0.15, 0.2) is 29.2 Å². The SMILES string of the molecule is O=C(NCc1cccc(S(=O)(=O)N2CCCCC2)c1)C1CNCCO1. The fraction of sp³-hybridized carbons (Fsp3) is 0.588. The molecule has 8 heteroatoms. The van der Waals surface area contributed by atoms with Crippen molar-refractivity contribution in [3.8, 4) is 0 Å². The highest BCUT2D eigenvalue weighted by Gasteiger charge is 2.26. The number of hydrogen-bond donors (Lipinski definition) is 2. The van der Waals surface area contributed by atoms with E-state index in [1.807, 2.05) is 6.07 Å². The highest BCUT2D eigenvalue weighted by molar-refractivity contribution is 7.89. The lowest BCUT2D eigenvalue weighted by Gasteiger charge is -2.26. The van der Waals surface area contributed by atoms with Crippen molar-refractivity contribution in [1.82, 2.24) is 14.9 Å². The lowest BCUT2D eigenvalue weighted by Crippen LogP contribution is -2.47. The summed E-state index contributed by atoms with van der Waals surface area (Å²) in [4.78, 5) is 12.4. The number of amides is 1. The Morgan fingerprint density at radius 3 is 2.80 bits per heavy atom. The van der Waals surface area contributed by atoms with Gasteiger partial charge in [0.05, 0.1) is 11.5 Å². The molecule has 1 aromatic rings. The summed E-state index contributed by atoms with van der Waals surface area (Å²) in [5.41, 5.74) is 0.759. The standard InChI is InChI=1S/C17H25N3O4S/c21-17(16-13-18-7-10-24-16)19-12-14-5-4-6-15(11-14)25(22,23)20-8-2-1-3-9-20/h4-6,11,16,18H,1-3,7-10,12-13H2,(H,19,21). The van der Waals surface area contributed by atoms with Gasteiger partial charge in [-0.25, -0.2) is 8.42 Å².